The number of nitrogens with zero attached hydrogens (tertiary/aromatic N) is 2. The van der Waals surface area contributed by atoms with Crippen molar-refractivity contribution < 1.29 is 27.8 Å². The molecule has 36 heavy (non-hydrogen) atoms. The van der Waals surface area contributed by atoms with Crippen molar-refractivity contribution in [2.45, 2.75) is 37.7 Å². The van der Waals surface area contributed by atoms with Gasteiger partial charge in [-0.2, -0.15) is 0 Å². The van der Waals surface area contributed by atoms with E-state index in [9.17, 15) is 23.1 Å². The number of amides is 1. The topological polar surface area (TPSA) is 53.0 Å². The smallest absolute Gasteiger partial charge is 0.246 e. The average Bonchev–Trinajstić information content (AvgIpc) is 2.91. The maximum atomic E-state index is 13.4. The van der Waals surface area contributed by atoms with E-state index in [0.29, 0.717) is 38.4 Å². The fraction of sp³-hybridized carbons (Fsp3) is 0.464. The second-order valence-electron chi connectivity index (χ2n) is 9.71. The van der Waals surface area contributed by atoms with Crippen molar-refractivity contribution in [3.8, 4) is 5.75 Å². The Morgan fingerprint density at radius 1 is 1.03 bits per heavy atom. The van der Waals surface area contributed by atoms with Crippen molar-refractivity contribution in [1.82, 2.24) is 9.80 Å². The molecule has 2 heterocycles. The minimum absolute atomic E-state index is 0.0841. The molecule has 1 atom stereocenters. The molecule has 8 heteroatoms. The van der Waals surface area contributed by atoms with Gasteiger partial charge in [0.25, 0.3) is 0 Å². The first-order valence-corrected chi connectivity index (χ1v) is 12.5. The molecule has 0 bridgehead atoms. The van der Waals surface area contributed by atoms with Crippen molar-refractivity contribution in [3.63, 3.8) is 0 Å². The van der Waals surface area contributed by atoms with Crippen molar-refractivity contribution in [2.24, 2.45) is 5.92 Å². The van der Waals surface area contributed by atoms with Gasteiger partial charge in [-0.3, -0.25) is 4.79 Å². The van der Waals surface area contributed by atoms with Crippen LogP contribution in [0.3, 0.4) is 0 Å². The van der Waals surface area contributed by atoms with E-state index < -0.39 is 23.6 Å². The largest absolute Gasteiger partial charge is 0.497 e. The molecule has 0 aromatic heterocycles. The lowest BCUT2D eigenvalue weighted by atomic mass is 9.88. The number of carbonyl (C=O) groups excluding carboxylic acids is 1. The fourth-order valence-electron chi connectivity index (χ4n) is 5.19. The van der Waals surface area contributed by atoms with Gasteiger partial charge in [-0.25, -0.2) is 13.2 Å². The third kappa shape index (κ3) is 6.48. The van der Waals surface area contributed by atoms with E-state index in [1.54, 1.807) is 12.0 Å². The van der Waals surface area contributed by atoms with Crippen LogP contribution in [0.25, 0.3) is 6.08 Å². The summed E-state index contributed by atoms with van der Waals surface area (Å²) in [6, 6.07) is 9.97. The highest BCUT2D eigenvalue weighted by Crippen LogP contribution is 2.30. The zero-order valence-corrected chi connectivity index (χ0v) is 20.5. The van der Waals surface area contributed by atoms with Gasteiger partial charge in [0.15, 0.2) is 17.5 Å². The van der Waals surface area contributed by atoms with Crippen LogP contribution in [0.1, 0.15) is 42.7 Å². The number of likely N-dealkylation sites (tertiary alicyclic amines) is 2. The van der Waals surface area contributed by atoms with Gasteiger partial charge in [0.2, 0.25) is 5.91 Å². The monoisotopic (exact) mass is 502 g/mol. The number of piperidine rings is 2. The van der Waals surface area contributed by atoms with E-state index in [0.717, 1.165) is 43.8 Å². The number of halogens is 3. The first-order valence-electron chi connectivity index (χ1n) is 12.5. The van der Waals surface area contributed by atoms with Crippen LogP contribution in [0.15, 0.2) is 42.5 Å². The van der Waals surface area contributed by atoms with Gasteiger partial charge in [0.1, 0.15) is 5.75 Å². The molecule has 1 unspecified atom stereocenters. The highest BCUT2D eigenvalue weighted by molar-refractivity contribution is 5.91. The van der Waals surface area contributed by atoms with Crippen LogP contribution in [0.2, 0.25) is 0 Å². The molecular weight excluding hydrogens is 469 g/mol. The summed E-state index contributed by atoms with van der Waals surface area (Å²) < 4.78 is 45.0. The van der Waals surface area contributed by atoms with Gasteiger partial charge in [-0.15, -0.1) is 0 Å². The molecule has 2 aromatic rings. The zero-order chi connectivity index (χ0) is 25.7. The molecule has 1 amide bonds. The number of aliphatic hydroxyl groups is 1. The van der Waals surface area contributed by atoms with E-state index in [1.165, 1.54) is 17.7 Å². The second-order valence-corrected chi connectivity index (χ2v) is 9.71. The van der Waals surface area contributed by atoms with Gasteiger partial charge in [0.05, 0.1) is 13.2 Å². The summed E-state index contributed by atoms with van der Waals surface area (Å²) in [7, 11) is 1.67. The summed E-state index contributed by atoms with van der Waals surface area (Å²) in [5.41, 5.74) is 1.41. The van der Waals surface area contributed by atoms with Crippen LogP contribution in [-0.4, -0.2) is 66.8 Å². The lowest BCUT2D eigenvalue weighted by Gasteiger charge is -2.38. The van der Waals surface area contributed by atoms with Crippen LogP contribution in [-0.2, 0) is 4.79 Å². The van der Waals surface area contributed by atoms with E-state index in [2.05, 4.69) is 17.0 Å². The summed E-state index contributed by atoms with van der Waals surface area (Å²) in [6.07, 6.45) is 5.59. The molecule has 2 fully saturated rings. The Hall–Kier alpha value is -2.84. The molecule has 0 saturated carbocycles. The van der Waals surface area contributed by atoms with Crippen LogP contribution in [0, 0.1) is 23.4 Å². The standard InChI is InChI=1S/C28H33F3N2O3/c1-36-23-5-3-20(4-6-23)21-8-12-32(13-9-21)18-26(34)22-10-14-33(15-11-22)27(35)7-2-19-16-24(29)28(31)25(30)17-19/h2-7,16-17,21-22,26,34H,8-15,18H2,1H3. The summed E-state index contributed by atoms with van der Waals surface area (Å²) >= 11 is 0. The number of hydrogen-bond acceptors (Lipinski definition) is 4. The summed E-state index contributed by atoms with van der Waals surface area (Å²) in [4.78, 5) is 16.5. The molecule has 0 spiro atoms. The maximum absolute atomic E-state index is 13.4. The lowest BCUT2D eigenvalue weighted by molar-refractivity contribution is -0.128. The van der Waals surface area contributed by atoms with Crippen molar-refractivity contribution >= 4 is 12.0 Å². The first kappa shape index (κ1) is 26.2. The number of benzene rings is 2. The minimum atomic E-state index is -1.53. The molecule has 0 radical (unpaired) electrons. The molecule has 194 valence electrons. The molecule has 4 rings (SSSR count). The number of β-amino-alcohol motifs (C(OH)–C–C–N with tert-alkyl or cyclic N) is 1. The Balaban J connectivity index is 1.20. The van der Waals surface area contributed by atoms with Gasteiger partial charge in [-0.1, -0.05) is 12.1 Å². The fourth-order valence-corrected chi connectivity index (χ4v) is 5.19. The van der Waals surface area contributed by atoms with E-state index >= 15 is 0 Å². The lowest BCUT2D eigenvalue weighted by Crippen LogP contribution is -2.45. The number of methoxy groups -OCH3 is 1. The third-order valence-corrected chi connectivity index (χ3v) is 7.44. The van der Waals surface area contributed by atoms with Crippen molar-refractivity contribution in [2.75, 3.05) is 39.8 Å². The van der Waals surface area contributed by atoms with E-state index in [4.69, 9.17) is 4.74 Å². The summed E-state index contributed by atoms with van der Waals surface area (Å²) in [5.74, 6) is -2.87. The number of ether oxygens (including phenoxy) is 1. The molecule has 5 nitrogen and oxygen atoms in total. The van der Waals surface area contributed by atoms with Crippen molar-refractivity contribution in [1.29, 1.82) is 0 Å². The maximum Gasteiger partial charge on any atom is 0.246 e. The van der Waals surface area contributed by atoms with Gasteiger partial charge >= 0.3 is 0 Å². The Morgan fingerprint density at radius 2 is 1.64 bits per heavy atom. The van der Waals surface area contributed by atoms with Crippen LogP contribution in [0.4, 0.5) is 13.2 Å². The Bertz CT molecular complexity index is 1040. The summed E-state index contributed by atoms with van der Waals surface area (Å²) in [6.45, 7) is 3.55. The predicted molar refractivity (Wildman–Crippen MR) is 132 cm³/mol. The quantitative estimate of drug-likeness (QED) is 0.444. The average molecular weight is 503 g/mol. The van der Waals surface area contributed by atoms with E-state index in [-0.39, 0.29) is 17.4 Å². The molecule has 2 aliphatic rings. The number of aliphatic hydroxyl groups excluding tert-OH is 1. The molecular formula is C28H33F3N2O3. The van der Waals surface area contributed by atoms with Gasteiger partial charge < -0.3 is 19.6 Å². The number of hydrogen-bond donors (Lipinski definition) is 1. The zero-order valence-electron chi connectivity index (χ0n) is 20.5. The van der Waals surface area contributed by atoms with E-state index in [1.807, 2.05) is 12.1 Å². The highest BCUT2D eigenvalue weighted by Gasteiger charge is 2.29. The first-order chi connectivity index (χ1) is 17.3. The molecule has 1 N–H and O–H groups in total. The van der Waals surface area contributed by atoms with Crippen molar-refractivity contribution in [3.05, 3.63) is 71.1 Å². The Morgan fingerprint density at radius 3 is 2.22 bits per heavy atom. The molecule has 2 aliphatic heterocycles. The normalized spacial score (nSPS) is 19.1. The highest BCUT2D eigenvalue weighted by atomic mass is 19.2. The van der Waals surface area contributed by atoms with Crippen LogP contribution >= 0.6 is 0 Å². The third-order valence-electron chi connectivity index (χ3n) is 7.44. The van der Waals surface area contributed by atoms with Crippen LogP contribution in [0.5, 0.6) is 5.75 Å². The molecule has 2 aromatic carbocycles. The number of carbonyl (C=O) groups is 1. The Labute approximate surface area is 210 Å². The molecule has 2 saturated heterocycles. The SMILES string of the molecule is COc1ccc(C2CCN(CC(O)C3CCN(C(=O)C=Cc4cc(F)c(F)c(F)c4)CC3)CC2)cc1. The van der Waals surface area contributed by atoms with Gasteiger partial charge in [0, 0.05) is 25.7 Å². The second kappa shape index (κ2) is 11.9. The van der Waals surface area contributed by atoms with Gasteiger partial charge in [-0.05, 0) is 92.1 Å². The summed E-state index contributed by atoms with van der Waals surface area (Å²) in [5, 5.41) is 10.8. The van der Waals surface area contributed by atoms with Crippen LogP contribution < -0.4 is 4.74 Å². The Kier molecular flexibility index (Phi) is 8.69. The molecule has 0 aliphatic carbocycles. The number of rotatable bonds is 7. The predicted octanol–water partition coefficient (Wildman–Crippen LogP) is 4.60. The minimum Gasteiger partial charge on any atom is -0.497 e.